The molecule has 0 fully saturated rings. The summed E-state index contributed by atoms with van der Waals surface area (Å²) in [6, 6.07) is 1.98. The Morgan fingerprint density at radius 1 is 1.62 bits per heavy atom. The van der Waals surface area contributed by atoms with Gasteiger partial charge in [0.2, 0.25) is 0 Å². The topological polar surface area (TPSA) is 28.1 Å². The highest BCUT2D eigenvalue weighted by molar-refractivity contribution is 5.24. The summed E-state index contributed by atoms with van der Waals surface area (Å²) in [5.41, 5.74) is 0. The first-order valence-corrected chi connectivity index (χ1v) is 2.65. The Labute approximate surface area is 46.6 Å². The van der Waals surface area contributed by atoms with Gasteiger partial charge in [-0.2, -0.15) is 0 Å². The summed E-state index contributed by atoms with van der Waals surface area (Å²) in [5, 5.41) is 2.27. The SMILES string of the molecule is C1=c2[nH]ccc2=NC1. The number of hydrogen-bond acceptors (Lipinski definition) is 1. The molecule has 1 aromatic rings. The molecule has 8 heavy (non-hydrogen) atoms. The zero-order valence-electron chi connectivity index (χ0n) is 4.39. The fourth-order valence-corrected chi connectivity index (χ4v) is 0.911. The number of H-pyrrole nitrogens is 1. The highest BCUT2D eigenvalue weighted by atomic mass is 14.8. The van der Waals surface area contributed by atoms with Gasteiger partial charge in [0.15, 0.2) is 0 Å². The lowest BCUT2D eigenvalue weighted by Crippen LogP contribution is -2.17. The minimum Gasteiger partial charge on any atom is -0.360 e. The van der Waals surface area contributed by atoms with Crippen LogP contribution < -0.4 is 10.7 Å². The number of nitrogens with one attached hydrogen (secondary N) is 1. The molecule has 1 N–H and O–H groups in total. The van der Waals surface area contributed by atoms with Gasteiger partial charge in [-0.15, -0.1) is 0 Å². The normalized spacial score (nSPS) is 14.5. The first-order valence-electron chi connectivity index (χ1n) is 2.65. The van der Waals surface area contributed by atoms with Crippen molar-refractivity contribution in [2.24, 2.45) is 4.99 Å². The Morgan fingerprint density at radius 3 is 3.50 bits per heavy atom. The van der Waals surface area contributed by atoms with Crippen LogP contribution in [0.5, 0.6) is 0 Å². The Hall–Kier alpha value is -1.05. The van der Waals surface area contributed by atoms with Crippen LogP contribution in [0.4, 0.5) is 0 Å². The van der Waals surface area contributed by atoms with E-state index >= 15 is 0 Å². The second kappa shape index (κ2) is 1.22. The van der Waals surface area contributed by atoms with Crippen LogP contribution in [0.2, 0.25) is 0 Å². The van der Waals surface area contributed by atoms with Crippen molar-refractivity contribution in [1.82, 2.24) is 4.98 Å². The van der Waals surface area contributed by atoms with Crippen LogP contribution >= 0.6 is 0 Å². The van der Waals surface area contributed by atoms with E-state index in [2.05, 4.69) is 16.1 Å². The molecule has 0 saturated heterocycles. The molecule has 1 aromatic heterocycles. The van der Waals surface area contributed by atoms with Crippen molar-refractivity contribution in [1.29, 1.82) is 0 Å². The van der Waals surface area contributed by atoms with E-state index in [0.717, 1.165) is 11.9 Å². The molecule has 0 spiro atoms. The van der Waals surface area contributed by atoms with E-state index in [9.17, 15) is 0 Å². The minimum absolute atomic E-state index is 0.849. The average Bonchev–Trinajstić information content (AvgIpc) is 2.15. The van der Waals surface area contributed by atoms with Gasteiger partial charge in [-0.1, -0.05) is 0 Å². The van der Waals surface area contributed by atoms with Gasteiger partial charge >= 0.3 is 0 Å². The van der Waals surface area contributed by atoms with E-state index in [1.807, 2.05) is 12.3 Å². The standard InChI is InChI=1S/C6H6N2/c1-3-7-6-2-4-8-5(1)6/h1-3,7H,4H2. The van der Waals surface area contributed by atoms with E-state index in [1.165, 1.54) is 5.35 Å². The first kappa shape index (κ1) is 3.89. The van der Waals surface area contributed by atoms with Gasteiger partial charge < -0.3 is 4.98 Å². The molecule has 0 atom stereocenters. The van der Waals surface area contributed by atoms with Crippen LogP contribution in [0, 0.1) is 0 Å². The van der Waals surface area contributed by atoms with Crippen molar-refractivity contribution < 1.29 is 0 Å². The predicted molar refractivity (Wildman–Crippen MR) is 30.9 cm³/mol. The number of rotatable bonds is 0. The van der Waals surface area contributed by atoms with E-state index in [0.29, 0.717) is 0 Å². The van der Waals surface area contributed by atoms with E-state index < -0.39 is 0 Å². The van der Waals surface area contributed by atoms with Crippen LogP contribution in [0.1, 0.15) is 0 Å². The van der Waals surface area contributed by atoms with Gasteiger partial charge in [0.1, 0.15) is 0 Å². The monoisotopic (exact) mass is 106 g/mol. The van der Waals surface area contributed by atoms with Gasteiger partial charge in [0, 0.05) is 6.20 Å². The number of nitrogens with zero attached hydrogens (tertiary/aromatic N) is 1. The average molecular weight is 106 g/mol. The van der Waals surface area contributed by atoms with E-state index in [4.69, 9.17) is 0 Å². The molecule has 40 valence electrons. The van der Waals surface area contributed by atoms with Gasteiger partial charge in [-0.25, -0.2) is 0 Å². The zero-order valence-corrected chi connectivity index (χ0v) is 4.39. The van der Waals surface area contributed by atoms with Crippen LogP contribution in [0.3, 0.4) is 0 Å². The first-order chi connectivity index (χ1) is 3.97. The summed E-state index contributed by atoms with van der Waals surface area (Å²) >= 11 is 0. The number of aromatic nitrogens is 1. The summed E-state index contributed by atoms with van der Waals surface area (Å²) < 4.78 is 0. The molecule has 1 aliphatic heterocycles. The lowest BCUT2D eigenvalue weighted by atomic mass is 10.5. The molecule has 0 aliphatic carbocycles. The highest BCUT2D eigenvalue weighted by Crippen LogP contribution is 1.74. The van der Waals surface area contributed by atoms with Crippen molar-refractivity contribution >= 4 is 6.08 Å². The van der Waals surface area contributed by atoms with Crippen LogP contribution in [-0.4, -0.2) is 11.5 Å². The number of aromatic amines is 1. The zero-order chi connectivity index (χ0) is 5.40. The van der Waals surface area contributed by atoms with E-state index in [-0.39, 0.29) is 0 Å². The molecular weight excluding hydrogens is 100 g/mol. The second-order valence-electron chi connectivity index (χ2n) is 1.82. The van der Waals surface area contributed by atoms with Crippen LogP contribution in [0.15, 0.2) is 17.3 Å². The smallest absolute Gasteiger partial charge is 0.0824 e. The lowest BCUT2D eigenvalue weighted by Gasteiger charge is -1.66. The molecule has 0 amide bonds. The van der Waals surface area contributed by atoms with E-state index in [1.54, 1.807) is 0 Å². The summed E-state index contributed by atoms with van der Waals surface area (Å²) in [6.45, 7) is 0.849. The third-order valence-electron chi connectivity index (χ3n) is 1.31. The summed E-state index contributed by atoms with van der Waals surface area (Å²) in [4.78, 5) is 7.24. The summed E-state index contributed by atoms with van der Waals surface area (Å²) in [7, 11) is 0. The molecular formula is C6H6N2. The maximum absolute atomic E-state index is 4.17. The Morgan fingerprint density at radius 2 is 2.62 bits per heavy atom. The molecule has 2 nitrogen and oxygen atoms in total. The number of fused-ring (bicyclic) bond motifs is 1. The Kier molecular flexibility index (Phi) is 0.592. The predicted octanol–water partition coefficient (Wildman–Crippen LogP) is -0.572. The molecule has 0 radical (unpaired) electrons. The van der Waals surface area contributed by atoms with Crippen molar-refractivity contribution in [3.05, 3.63) is 23.0 Å². The van der Waals surface area contributed by atoms with Gasteiger partial charge in [-0.05, 0) is 12.1 Å². The van der Waals surface area contributed by atoms with Gasteiger partial charge in [0.05, 0.1) is 17.3 Å². The molecule has 0 bridgehead atoms. The Balaban J connectivity index is 3.08. The van der Waals surface area contributed by atoms with Crippen molar-refractivity contribution in [3.63, 3.8) is 0 Å². The fraction of sp³-hybridized carbons (Fsp3) is 0.167. The minimum atomic E-state index is 0.849. The molecule has 1 aliphatic rings. The number of hydrogen-bond donors (Lipinski definition) is 1. The molecule has 2 rings (SSSR count). The summed E-state index contributed by atoms with van der Waals surface area (Å²) in [6.07, 6.45) is 3.99. The second-order valence-corrected chi connectivity index (χ2v) is 1.82. The van der Waals surface area contributed by atoms with Crippen LogP contribution in [0.25, 0.3) is 6.08 Å². The quantitative estimate of drug-likeness (QED) is 0.458. The lowest BCUT2D eigenvalue weighted by molar-refractivity contribution is 1.23. The molecule has 2 heterocycles. The fourth-order valence-electron chi connectivity index (χ4n) is 0.911. The van der Waals surface area contributed by atoms with Gasteiger partial charge in [-0.3, -0.25) is 4.99 Å². The van der Waals surface area contributed by atoms with Gasteiger partial charge in [0.25, 0.3) is 0 Å². The molecule has 2 heteroatoms. The largest absolute Gasteiger partial charge is 0.360 e. The molecule has 0 saturated carbocycles. The maximum atomic E-state index is 4.17. The van der Waals surface area contributed by atoms with Crippen molar-refractivity contribution in [2.45, 2.75) is 0 Å². The third kappa shape index (κ3) is 0.346. The third-order valence-corrected chi connectivity index (χ3v) is 1.31. The van der Waals surface area contributed by atoms with Crippen molar-refractivity contribution in [3.8, 4) is 0 Å². The van der Waals surface area contributed by atoms with Crippen molar-refractivity contribution in [2.75, 3.05) is 6.54 Å². The highest BCUT2D eigenvalue weighted by Gasteiger charge is 1.90. The Bertz CT molecular complexity index is 266. The summed E-state index contributed by atoms with van der Waals surface area (Å²) in [5.74, 6) is 0. The van der Waals surface area contributed by atoms with Crippen LogP contribution in [-0.2, 0) is 0 Å². The molecule has 0 unspecified atom stereocenters. The molecule has 0 aromatic carbocycles. The maximum Gasteiger partial charge on any atom is 0.0824 e.